The first kappa shape index (κ1) is 16.5. The Morgan fingerprint density at radius 3 is 2.85 bits per heavy atom. The summed E-state index contributed by atoms with van der Waals surface area (Å²) in [6, 6.07) is 14.4. The maximum atomic E-state index is 6.27. The van der Waals surface area contributed by atoms with Crippen molar-refractivity contribution in [2.75, 3.05) is 13.1 Å². The molecule has 0 spiro atoms. The van der Waals surface area contributed by atoms with Crippen LogP contribution in [0.5, 0.6) is 11.5 Å². The monoisotopic (exact) mass is 375 g/mol. The van der Waals surface area contributed by atoms with Crippen LogP contribution in [0.25, 0.3) is 21.5 Å². The molecule has 1 saturated heterocycles. The zero-order chi connectivity index (χ0) is 18.1. The molecule has 2 aromatic heterocycles. The topological polar surface area (TPSA) is 41.1 Å². The number of hydrogen-bond acceptors (Lipinski definition) is 4. The molecule has 0 radical (unpaired) electrons. The van der Waals surface area contributed by atoms with Gasteiger partial charge >= 0.3 is 0 Å². The van der Waals surface area contributed by atoms with Gasteiger partial charge in [0.15, 0.2) is 0 Å². The molecule has 1 N–H and O–H groups in total. The Morgan fingerprint density at radius 1 is 1.11 bits per heavy atom. The molecule has 1 fully saturated rings. The fourth-order valence-corrected chi connectivity index (χ4v) is 4.42. The normalized spacial score (nSPS) is 14.8. The summed E-state index contributed by atoms with van der Waals surface area (Å²) in [5.41, 5.74) is 3.52. The molecular formula is C22H21N3OS. The summed E-state index contributed by atoms with van der Waals surface area (Å²) in [4.78, 5) is 10.3. The molecule has 0 unspecified atom stereocenters. The van der Waals surface area contributed by atoms with Crippen LogP contribution < -0.4 is 4.74 Å². The Hall–Kier alpha value is -2.63. The van der Waals surface area contributed by atoms with E-state index in [9.17, 15) is 0 Å². The van der Waals surface area contributed by atoms with Crippen molar-refractivity contribution in [3.05, 3.63) is 65.8 Å². The van der Waals surface area contributed by atoms with Gasteiger partial charge in [-0.2, -0.15) is 0 Å². The van der Waals surface area contributed by atoms with Crippen molar-refractivity contribution >= 4 is 22.2 Å². The second-order valence-electron chi connectivity index (χ2n) is 6.94. The molecule has 1 aliphatic heterocycles. The minimum absolute atomic E-state index is 0.837. The van der Waals surface area contributed by atoms with Gasteiger partial charge in [-0.25, -0.2) is 4.98 Å². The van der Waals surface area contributed by atoms with E-state index in [0.29, 0.717) is 0 Å². The number of H-pyrrole nitrogens is 1. The van der Waals surface area contributed by atoms with E-state index in [0.717, 1.165) is 34.1 Å². The quantitative estimate of drug-likeness (QED) is 0.488. The number of benzene rings is 2. The molecule has 136 valence electrons. The molecule has 0 aliphatic carbocycles. The van der Waals surface area contributed by atoms with E-state index in [4.69, 9.17) is 4.74 Å². The van der Waals surface area contributed by atoms with E-state index >= 15 is 0 Å². The van der Waals surface area contributed by atoms with Gasteiger partial charge in [-0.1, -0.05) is 12.1 Å². The minimum atomic E-state index is 0.837. The highest BCUT2D eigenvalue weighted by Gasteiger charge is 2.15. The number of aromatic amines is 1. The standard InChI is InChI=1S/C22H21N3OS/c1-2-6-21(18(5-1)22-23-9-12-27-22)26-17-7-8-20-19(13-17)16(14-24-20)15-25-10-3-4-11-25/h1-2,5-9,12-14,24H,3-4,10-11,15H2. The molecule has 4 aromatic rings. The summed E-state index contributed by atoms with van der Waals surface area (Å²) < 4.78 is 6.27. The molecule has 0 atom stereocenters. The van der Waals surface area contributed by atoms with Gasteiger partial charge in [0, 0.05) is 35.2 Å². The summed E-state index contributed by atoms with van der Waals surface area (Å²) in [6.45, 7) is 3.40. The molecular weight excluding hydrogens is 354 g/mol. The number of thiazole rings is 1. The van der Waals surface area contributed by atoms with E-state index in [-0.39, 0.29) is 0 Å². The lowest BCUT2D eigenvalue weighted by Crippen LogP contribution is -2.17. The maximum absolute atomic E-state index is 6.27. The van der Waals surface area contributed by atoms with Gasteiger partial charge in [0.1, 0.15) is 16.5 Å². The van der Waals surface area contributed by atoms with Gasteiger partial charge < -0.3 is 9.72 Å². The number of hydrogen-bond donors (Lipinski definition) is 1. The van der Waals surface area contributed by atoms with Crippen LogP contribution in [-0.4, -0.2) is 28.0 Å². The molecule has 5 rings (SSSR count). The number of fused-ring (bicyclic) bond motifs is 1. The zero-order valence-electron chi connectivity index (χ0n) is 15.0. The number of ether oxygens (including phenoxy) is 1. The molecule has 0 saturated carbocycles. The Kier molecular flexibility index (Phi) is 4.40. The number of rotatable bonds is 5. The van der Waals surface area contributed by atoms with Crippen molar-refractivity contribution in [2.24, 2.45) is 0 Å². The van der Waals surface area contributed by atoms with E-state index in [1.165, 1.54) is 36.9 Å². The lowest BCUT2D eigenvalue weighted by molar-refractivity contribution is 0.332. The van der Waals surface area contributed by atoms with Crippen molar-refractivity contribution < 1.29 is 4.74 Å². The van der Waals surface area contributed by atoms with Crippen LogP contribution in [0.4, 0.5) is 0 Å². The highest BCUT2D eigenvalue weighted by molar-refractivity contribution is 7.13. The third kappa shape index (κ3) is 3.36. The molecule has 2 aromatic carbocycles. The first-order chi connectivity index (χ1) is 13.4. The molecule has 4 nitrogen and oxygen atoms in total. The van der Waals surface area contributed by atoms with Crippen LogP contribution in [0.2, 0.25) is 0 Å². The largest absolute Gasteiger partial charge is 0.457 e. The highest BCUT2D eigenvalue weighted by Crippen LogP contribution is 2.35. The fraction of sp³-hybridized carbons (Fsp3) is 0.227. The average Bonchev–Trinajstić information content (AvgIpc) is 3.45. The smallest absolute Gasteiger partial charge is 0.137 e. The maximum Gasteiger partial charge on any atom is 0.137 e. The van der Waals surface area contributed by atoms with Crippen molar-refractivity contribution in [3.8, 4) is 22.1 Å². The van der Waals surface area contributed by atoms with E-state index in [1.807, 2.05) is 35.8 Å². The van der Waals surface area contributed by atoms with Crippen LogP contribution in [0.1, 0.15) is 18.4 Å². The van der Waals surface area contributed by atoms with Crippen LogP contribution in [0, 0.1) is 0 Å². The van der Waals surface area contributed by atoms with E-state index < -0.39 is 0 Å². The van der Waals surface area contributed by atoms with Crippen molar-refractivity contribution in [2.45, 2.75) is 19.4 Å². The molecule has 0 amide bonds. The number of para-hydroxylation sites is 1. The third-order valence-electron chi connectivity index (χ3n) is 5.11. The lowest BCUT2D eigenvalue weighted by atomic mass is 10.1. The highest BCUT2D eigenvalue weighted by atomic mass is 32.1. The van der Waals surface area contributed by atoms with Crippen molar-refractivity contribution in [1.29, 1.82) is 0 Å². The number of nitrogens with one attached hydrogen (secondary N) is 1. The van der Waals surface area contributed by atoms with Crippen LogP contribution in [-0.2, 0) is 6.54 Å². The SMILES string of the molecule is c1ccc(-c2nccs2)c(Oc2ccc3[nH]cc(CN4CCCC4)c3c2)c1. The van der Waals surface area contributed by atoms with Crippen molar-refractivity contribution in [1.82, 2.24) is 14.9 Å². The first-order valence-electron chi connectivity index (χ1n) is 9.36. The molecule has 27 heavy (non-hydrogen) atoms. The van der Waals surface area contributed by atoms with Crippen LogP contribution in [0.15, 0.2) is 60.2 Å². The number of likely N-dealkylation sites (tertiary alicyclic amines) is 1. The fourth-order valence-electron chi connectivity index (χ4n) is 3.75. The molecule has 1 aliphatic rings. The summed E-state index contributed by atoms with van der Waals surface area (Å²) in [7, 11) is 0. The third-order valence-corrected chi connectivity index (χ3v) is 5.92. The van der Waals surface area contributed by atoms with Gasteiger partial charge in [0.2, 0.25) is 0 Å². The van der Waals surface area contributed by atoms with Gasteiger partial charge in [0.05, 0.1) is 5.56 Å². The van der Waals surface area contributed by atoms with Crippen LogP contribution >= 0.6 is 11.3 Å². The zero-order valence-corrected chi connectivity index (χ0v) is 15.8. The first-order valence-corrected chi connectivity index (χ1v) is 10.2. The Morgan fingerprint density at radius 2 is 2.00 bits per heavy atom. The number of nitrogens with zero attached hydrogens (tertiary/aromatic N) is 2. The average molecular weight is 375 g/mol. The van der Waals surface area contributed by atoms with Gasteiger partial charge in [0.25, 0.3) is 0 Å². The second kappa shape index (κ2) is 7.18. The molecule has 5 heteroatoms. The second-order valence-corrected chi connectivity index (χ2v) is 7.83. The molecule has 0 bridgehead atoms. The minimum Gasteiger partial charge on any atom is -0.457 e. The Labute approximate surface area is 162 Å². The Bertz CT molecular complexity index is 1050. The summed E-state index contributed by atoms with van der Waals surface area (Å²) in [5.74, 6) is 1.69. The van der Waals surface area contributed by atoms with Gasteiger partial charge in [-0.05, 0) is 61.8 Å². The lowest BCUT2D eigenvalue weighted by Gasteiger charge is -2.14. The van der Waals surface area contributed by atoms with Crippen LogP contribution in [0.3, 0.4) is 0 Å². The summed E-state index contributed by atoms with van der Waals surface area (Å²) in [6.07, 6.45) is 6.58. The van der Waals surface area contributed by atoms with Gasteiger partial charge in [-0.15, -0.1) is 11.3 Å². The van der Waals surface area contributed by atoms with Gasteiger partial charge in [-0.3, -0.25) is 4.90 Å². The van der Waals surface area contributed by atoms with Crippen molar-refractivity contribution in [3.63, 3.8) is 0 Å². The summed E-state index contributed by atoms with van der Waals surface area (Å²) >= 11 is 1.62. The number of aromatic nitrogens is 2. The predicted octanol–water partition coefficient (Wildman–Crippen LogP) is 5.68. The van der Waals surface area contributed by atoms with E-state index in [1.54, 1.807) is 11.3 Å². The summed E-state index contributed by atoms with van der Waals surface area (Å²) in [5, 5.41) is 4.21. The van der Waals surface area contributed by atoms with E-state index in [2.05, 4.69) is 39.3 Å². The Balaban J connectivity index is 1.46. The molecule has 3 heterocycles. The predicted molar refractivity (Wildman–Crippen MR) is 110 cm³/mol.